The topological polar surface area (TPSA) is 114 Å². The van der Waals surface area contributed by atoms with Crippen LogP contribution in [-0.2, 0) is 4.74 Å². The zero-order valence-corrected chi connectivity index (χ0v) is 29.0. The van der Waals surface area contributed by atoms with Gasteiger partial charge in [0.05, 0.1) is 12.7 Å². The molecule has 0 aromatic rings. The molecule has 1 aliphatic heterocycles. The van der Waals surface area contributed by atoms with Crippen LogP contribution in [0.3, 0.4) is 0 Å². The molecule has 1 aliphatic rings. The summed E-state index contributed by atoms with van der Waals surface area (Å²) < 4.78 is 5.16. The van der Waals surface area contributed by atoms with E-state index in [0.717, 1.165) is 0 Å². The van der Waals surface area contributed by atoms with Crippen molar-refractivity contribution in [2.45, 2.75) is 36.9 Å². The van der Waals surface area contributed by atoms with Gasteiger partial charge in [0.2, 0.25) is 0 Å². The molecule has 0 aromatic carbocycles. The van der Waals surface area contributed by atoms with Crippen LogP contribution < -0.4 is 0 Å². The minimum absolute atomic E-state index is 0. The van der Waals surface area contributed by atoms with Crippen molar-refractivity contribution in [3.8, 4) is 0 Å². The van der Waals surface area contributed by atoms with Crippen LogP contribution in [0.2, 0.25) is 0 Å². The largest absolute Gasteiger partial charge is 0.670 e. The first kappa shape index (κ1) is 31.3. The van der Waals surface area contributed by atoms with E-state index < -0.39 is 37.1 Å². The van der Waals surface area contributed by atoms with Gasteiger partial charge in [0, 0.05) is 189 Å². The maximum Gasteiger partial charge on any atom is 0.109 e. The second-order valence-corrected chi connectivity index (χ2v) is 3.41. The van der Waals surface area contributed by atoms with Crippen molar-refractivity contribution in [1.29, 1.82) is 0 Å². The van der Waals surface area contributed by atoms with Crippen LogP contribution in [0.5, 0.6) is 0 Å². The van der Waals surface area contributed by atoms with Gasteiger partial charge in [0.1, 0.15) is 12.2 Å². The molecule has 4 radical (unpaired) electrons. The maximum absolute atomic E-state index is 9.43. The molecule has 4 unspecified atom stereocenters. The molecule has 1 rings (SSSR count). The van der Waals surface area contributed by atoms with E-state index in [0.29, 0.717) is 0 Å². The first-order valence-electron chi connectivity index (χ1n) is 4.56. The van der Waals surface area contributed by atoms with E-state index in [1.165, 1.54) is 0 Å². The molecule has 6 nitrogen and oxygen atoms in total. The first-order valence-corrected chi connectivity index (χ1v) is 4.56. The Labute approximate surface area is 250 Å². The molecule has 0 aromatic heterocycles. The van der Waals surface area contributed by atoms with Gasteiger partial charge in [-0.15, -0.1) is 0 Å². The summed E-state index contributed by atoms with van der Waals surface area (Å²) in [7, 11) is 0. The van der Waals surface area contributed by atoms with Gasteiger partial charge in [-0.05, 0) is 6.42 Å². The van der Waals surface area contributed by atoms with Crippen molar-refractivity contribution in [3.05, 3.63) is 5.73 Å². The third-order valence-corrected chi connectivity index (χ3v) is 2.44. The van der Waals surface area contributed by atoms with Gasteiger partial charge in [0.15, 0.2) is 0 Å². The SMILES string of the molecule is [Ac].[Ac].[Ac].[Ac].[NH-]C1C(O)C(O)C(CO)O[C@@H]1CCO. The molecule has 96 valence electrons. The van der Waals surface area contributed by atoms with Crippen LogP contribution >= 0.6 is 0 Å². The van der Waals surface area contributed by atoms with Crippen LogP contribution in [0, 0.1) is 176 Å². The van der Waals surface area contributed by atoms with Crippen LogP contribution in [0.4, 0.5) is 0 Å². The first-order chi connectivity index (χ1) is 6.61. The second-order valence-electron chi connectivity index (χ2n) is 3.41. The zero-order valence-electron chi connectivity index (χ0n) is 10.0. The summed E-state index contributed by atoms with van der Waals surface area (Å²) in [5, 5.41) is 36.3. The number of nitrogens with one attached hydrogen (secondary N) is 1. The smallest absolute Gasteiger partial charge is 0.109 e. The molecule has 10 heteroatoms. The number of hydrogen-bond donors (Lipinski definition) is 4. The van der Waals surface area contributed by atoms with E-state index in [1.807, 2.05) is 0 Å². The fourth-order valence-corrected chi connectivity index (χ4v) is 1.57. The zero-order chi connectivity index (χ0) is 10.7. The Bertz CT molecular complexity index is 189. The Morgan fingerprint density at radius 2 is 1.39 bits per heavy atom. The average molecular weight is 1110 g/mol. The minimum Gasteiger partial charge on any atom is -0.670 e. The molecule has 1 fully saturated rings. The Hall–Kier alpha value is 5.53. The molecular weight excluding hydrogens is 1100 g/mol. The summed E-state index contributed by atoms with van der Waals surface area (Å²) in [5.41, 5.74) is 7.51. The van der Waals surface area contributed by atoms with Crippen LogP contribution in [0.1, 0.15) is 6.42 Å². The van der Waals surface area contributed by atoms with Crippen LogP contribution in [0.15, 0.2) is 0 Å². The number of aliphatic hydroxyl groups excluding tert-OH is 4. The molecule has 0 amide bonds. The van der Waals surface area contributed by atoms with Crippen molar-refractivity contribution in [2.75, 3.05) is 13.2 Å². The van der Waals surface area contributed by atoms with Crippen molar-refractivity contribution in [1.82, 2.24) is 0 Å². The summed E-state index contributed by atoms with van der Waals surface area (Å²) in [5.74, 6) is 0. The van der Waals surface area contributed by atoms with Crippen molar-refractivity contribution in [3.63, 3.8) is 0 Å². The second kappa shape index (κ2) is 17.4. The molecule has 18 heavy (non-hydrogen) atoms. The molecule has 1 saturated heterocycles. The molecule has 0 aliphatic carbocycles. The van der Waals surface area contributed by atoms with E-state index in [2.05, 4.69) is 0 Å². The Morgan fingerprint density at radius 1 is 0.889 bits per heavy atom. The van der Waals surface area contributed by atoms with Crippen molar-refractivity contribution < 1.29 is 201 Å². The quantitative estimate of drug-likeness (QED) is 0.269. The Kier molecular flexibility index (Phi) is 30.2. The molecule has 1 heterocycles. The van der Waals surface area contributed by atoms with Crippen LogP contribution in [0.25, 0.3) is 5.73 Å². The predicted molar refractivity (Wildman–Crippen MR) is 47.6 cm³/mol. The predicted octanol–water partition coefficient (Wildman–Crippen LogP) is -1.73. The fraction of sp³-hybridized carbons (Fsp3) is 1.00. The van der Waals surface area contributed by atoms with Gasteiger partial charge in [-0.3, -0.25) is 0 Å². The van der Waals surface area contributed by atoms with Gasteiger partial charge in [-0.25, -0.2) is 0 Å². The van der Waals surface area contributed by atoms with E-state index in [4.69, 9.17) is 20.7 Å². The fourth-order valence-electron chi connectivity index (χ4n) is 1.57. The number of hydrogen-bond acceptors (Lipinski definition) is 5. The van der Waals surface area contributed by atoms with Gasteiger partial charge in [-0.1, -0.05) is 6.04 Å². The molecule has 0 bridgehead atoms. The summed E-state index contributed by atoms with van der Waals surface area (Å²) in [6.07, 6.45) is -3.78. The van der Waals surface area contributed by atoms with Crippen molar-refractivity contribution >= 4 is 0 Å². The molecule has 5 atom stereocenters. The third kappa shape index (κ3) is 9.73. The van der Waals surface area contributed by atoms with E-state index in [9.17, 15) is 10.2 Å². The third-order valence-electron chi connectivity index (χ3n) is 2.44. The Balaban J connectivity index is -0.000000245. The molecule has 0 spiro atoms. The number of rotatable bonds is 3. The van der Waals surface area contributed by atoms with Gasteiger partial charge >= 0.3 is 0 Å². The van der Waals surface area contributed by atoms with E-state index in [1.54, 1.807) is 0 Å². The maximum atomic E-state index is 9.43. The van der Waals surface area contributed by atoms with Gasteiger partial charge in [-0.2, -0.15) is 0 Å². The summed E-state index contributed by atoms with van der Waals surface area (Å²) in [4.78, 5) is 0. The van der Waals surface area contributed by atoms with Crippen LogP contribution in [-0.4, -0.2) is 64.1 Å². The molecule has 5 N–H and O–H groups in total. The summed E-state index contributed by atoms with van der Waals surface area (Å²) in [6, 6.07) is -0.986. The average Bonchev–Trinajstić information content (AvgIpc) is 2.19. The van der Waals surface area contributed by atoms with Crippen molar-refractivity contribution in [2.24, 2.45) is 0 Å². The monoisotopic (exact) mass is 1110 g/mol. The summed E-state index contributed by atoms with van der Waals surface area (Å²) in [6.45, 7) is -0.562. The van der Waals surface area contributed by atoms with Gasteiger partial charge < -0.3 is 30.9 Å². The number of ether oxygens (including phenoxy) is 1. The minimum atomic E-state index is -1.24. The van der Waals surface area contributed by atoms with Gasteiger partial charge in [0.25, 0.3) is 0 Å². The summed E-state index contributed by atoms with van der Waals surface area (Å²) >= 11 is 0. The van der Waals surface area contributed by atoms with E-state index >= 15 is 0 Å². The standard InChI is InChI=1S/C8H16NO5.4Ac/c9-6-4(1-2-10)14-5(3-11)7(12)8(6)13;;;;/h4-13H,1-3H2;;;;/q-1;;;;/t4-,5?,6?,7?,8?;;;;/m1..../s1. The molecular formula is C8H16Ac4NO5-. The normalized spacial score (nSPS) is 34.2. The molecule has 0 saturated carbocycles. The van der Waals surface area contributed by atoms with E-state index in [-0.39, 0.29) is 189 Å². The number of aliphatic hydroxyl groups is 4. The Morgan fingerprint density at radius 3 is 1.78 bits per heavy atom.